The Balaban J connectivity index is 1.79. The Bertz CT molecular complexity index is 1020. The first-order chi connectivity index (χ1) is 13.9. The van der Waals surface area contributed by atoms with Crippen LogP contribution in [-0.2, 0) is 6.54 Å². The van der Waals surface area contributed by atoms with Gasteiger partial charge in [0.05, 0.1) is 25.4 Å². The van der Waals surface area contributed by atoms with Crippen LogP contribution in [0, 0.1) is 18.6 Å². The molecule has 1 N–H and O–H groups in total. The fraction of sp³-hybridized carbons (Fsp3) is 0.286. The maximum Gasteiger partial charge on any atom is 0.179 e. The molecule has 0 spiro atoms. The summed E-state index contributed by atoms with van der Waals surface area (Å²) in [5, 5.41) is 8.14. The molecule has 0 aliphatic rings. The van der Waals surface area contributed by atoms with E-state index in [4.69, 9.17) is 21.1 Å². The summed E-state index contributed by atoms with van der Waals surface area (Å²) >= 11 is 6.43. The molecule has 3 rings (SSSR count). The minimum absolute atomic E-state index is 0.0866. The van der Waals surface area contributed by atoms with Crippen LogP contribution in [0.4, 0.5) is 8.78 Å². The van der Waals surface area contributed by atoms with Gasteiger partial charge in [0.25, 0.3) is 0 Å². The van der Waals surface area contributed by atoms with Crippen molar-refractivity contribution in [3.05, 3.63) is 70.0 Å². The fourth-order valence-corrected chi connectivity index (χ4v) is 3.48. The molecule has 1 aromatic heterocycles. The van der Waals surface area contributed by atoms with E-state index in [1.165, 1.54) is 23.9 Å². The Morgan fingerprint density at radius 1 is 1.17 bits per heavy atom. The zero-order valence-electron chi connectivity index (χ0n) is 16.6. The molecule has 0 aliphatic heterocycles. The number of aromatic nitrogens is 2. The first-order valence-corrected chi connectivity index (χ1v) is 9.37. The van der Waals surface area contributed by atoms with E-state index in [-0.39, 0.29) is 11.7 Å². The molecular formula is C21H22ClF2N3O2. The van der Waals surface area contributed by atoms with Gasteiger partial charge in [-0.05, 0) is 37.6 Å². The fourth-order valence-electron chi connectivity index (χ4n) is 3.18. The van der Waals surface area contributed by atoms with E-state index in [1.54, 1.807) is 19.4 Å². The molecule has 1 heterocycles. The van der Waals surface area contributed by atoms with Crippen LogP contribution in [0.1, 0.15) is 29.8 Å². The van der Waals surface area contributed by atoms with Gasteiger partial charge < -0.3 is 14.8 Å². The molecule has 0 saturated carbocycles. The summed E-state index contributed by atoms with van der Waals surface area (Å²) in [6.45, 7) is 4.30. The zero-order chi connectivity index (χ0) is 21.1. The highest BCUT2D eigenvalue weighted by Gasteiger charge is 2.18. The standard InChI is InChI=1S/C21H22ClF2N3O2/c1-12(25-10-14-5-8-19(28-3)21(29-4)20(14)22)16-11-26-27(13(16)2)18-7-6-15(23)9-17(18)24/h5-9,11-12,25H,10H2,1-4H3/t12-/m0/s1. The Morgan fingerprint density at radius 2 is 1.93 bits per heavy atom. The van der Waals surface area contributed by atoms with Crippen LogP contribution in [0.2, 0.25) is 5.02 Å². The molecule has 0 unspecified atom stereocenters. The van der Waals surface area contributed by atoms with E-state index in [0.29, 0.717) is 23.1 Å². The molecule has 0 radical (unpaired) electrons. The average molecular weight is 422 g/mol. The summed E-state index contributed by atoms with van der Waals surface area (Å²) in [5.41, 5.74) is 2.70. The van der Waals surface area contributed by atoms with E-state index >= 15 is 0 Å². The lowest BCUT2D eigenvalue weighted by atomic mass is 10.1. The molecule has 29 heavy (non-hydrogen) atoms. The predicted octanol–water partition coefficient (Wildman–Crippen LogP) is 4.98. The Hall–Kier alpha value is -2.64. The van der Waals surface area contributed by atoms with Gasteiger partial charge in [0, 0.05) is 29.9 Å². The molecule has 2 aromatic carbocycles. The van der Waals surface area contributed by atoms with Crippen molar-refractivity contribution in [1.29, 1.82) is 0 Å². The van der Waals surface area contributed by atoms with Crippen molar-refractivity contribution in [2.75, 3.05) is 14.2 Å². The number of halogens is 3. The van der Waals surface area contributed by atoms with Crippen molar-refractivity contribution in [1.82, 2.24) is 15.1 Å². The molecule has 1 atom stereocenters. The minimum atomic E-state index is -0.666. The van der Waals surface area contributed by atoms with Gasteiger partial charge in [-0.3, -0.25) is 0 Å². The number of hydrogen-bond acceptors (Lipinski definition) is 4. The summed E-state index contributed by atoms with van der Waals surface area (Å²) < 4.78 is 39.3. The minimum Gasteiger partial charge on any atom is -0.493 e. The van der Waals surface area contributed by atoms with Crippen LogP contribution in [0.3, 0.4) is 0 Å². The van der Waals surface area contributed by atoms with Crippen molar-refractivity contribution >= 4 is 11.6 Å². The molecule has 0 saturated heterocycles. The molecule has 154 valence electrons. The van der Waals surface area contributed by atoms with Gasteiger partial charge >= 0.3 is 0 Å². The monoisotopic (exact) mass is 421 g/mol. The number of rotatable bonds is 7. The topological polar surface area (TPSA) is 48.3 Å². The maximum absolute atomic E-state index is 14.1. The average Bonchev–Trinajstić information content (AvgIpc) is 3.07. The number of nitrogens with one attached hydrogen (secondary N) is 1. The maximum atomic E-state index is 14.1. The highest BCUT2D eigenvalue weighted by molar-refractivity contribution is 6.33. The first kappa shape index (κ1) is 21.1. The number of benzene rings is 2. The second-order valence-corrected chi connectivity index (χ2v) is 6.95. The second kappa shape index (κ2) is 8.80. The molecule has 3 aromatic rings. The molecule has 0 fully saturated rings. The molecule has 5 nitrogen and oxygen atoms in total. The predicted molar refractivity (Wildman–Crippen MR) is 108 cm³/mol. The number of ether oxygens (including phenoxy) is 2. The van der Waals surface area contributed by atoms with Crippen molar-refractivity contribution in [3.63, 3.8) is 0 Å². The zero-order valence-corrected chi connectivity index (χ0v) is 17.3. The van der Waals surface area contributed by atoms with Crippen LogP contribution in [0.15, 0.2) is 36.5 Å². The molecule has 0 bridgehead atoms. The largest absolute Gasteiger partial charge is 0.493 e. The molecule has 8 heteroatoms. The molecule has 0 amide bonds. The lowest BCUT2D eigenvalue weighted by molar-refractivity contribution is 0.354. The normalized spacial score (nSPS) is 12.1. The van der Waals surface area contributed by atoms with E-state index in [2.05, 4.69) is 10.4 Å². The van der Waals surface area contributed by atoms with Gasteiger partial charge in [-0.1, -0.05) is 17.7 Å². The van der Waals surface area contributed by atoms with E-state index < -0.39 is 11.6 Å². The van der Waals surface area contributed by atoms with Crippen molar-refractivity contribution < 1.29 is 18.3 Å². The number of nitrogens with zero attached hydrogens (tertiary/aromatic N) is 2. The van der Waals surface area contributed by atoms with Gasteiger partial charge in [0.2, 0.25) is 0 Å². The van der Waals surface area contributed by atoms with Crippen molar-refractivity contribution in [2.45, 2.75) is 26.4 Å². The van der Waals surface area contributed by atoms with Gasteiger partial charge in [-0.15, -0.1) is 0 Å². The highest BCUT2D eigenvalue weighted by Crippen LogP contribution is 2.37. The van der Waals surface area contributed by atoms with Crippen LogP contribution >= 0.6 is 11.6 Å². The van der Waals surface area contributed by atoms with Gasteiger partial charge in [-0.2, -0.15) is 5.10 Å². The van der Waals surface area contributed by atoms with E-state index in [9.17, 15) is 8.78 Å². The smallest absolute Gasteiger partial charge is 0.179 e. The Labute approximate surface area is 173 Å². The molecule has 0 aliphatic carbocycles. The van der Waals surface area contributed by atoms with E-state index in [1.807, 2.05) is 19.9 Å². The lowest BCUT2D eigenvalue weighted by Crippen LogP contribution is -2.19. The first-order valence-electron chi connectivity index (χ1n) is 9.00. The Kier molecular flexibility index (Phi) is 6.39. The van der Waals surface area contributed by atoms with Crippen LogP contribution in [0.25, 0.3) is 5.69 Å². The molecular weight excluding hydrogens is 400 g/mol. The second-order valence-electron chi connectivity index (χ2n) is 6.57. The third-order valence-corrected chi connectivity index (χ3v) is 5.23. The van der Waals surface area contributed by atoms with Crippen LogP contribution < -0.4 is 14.8 Å². The van der Waals surface area contributed by atoms with E-state index in [0.717, 1.165) is 22.9 Å². The summed E-state index contributed by atoms with van der Waals surface area (Å²) in [7, 11) is 3.09. The summed E-state index contributed by atoms with van der Waals surface area (Å²) in [4.78, 5) is 0. The van der Waals surface area contributed by atoms with Crippen LogP contribution in [-0.4, -0.2) is 24.0 Å². The summed E-state index contributed by atoms with van der Waals surface area (Å²) in [6, 6.07) is 7.00. The quantitative estimate of drug-likeness (QED) is 0.584. The summed E-state index contributed by atoms with van der Waals surface area (Å²) in [6.07, 6.45) is 1.67. The highest BCUT2D eigenvalue weighted by atomic mass is 35.5. The SMILES string of the molecule is COc1ccc(CN[C@@H](C)c2cnn(-c3ccc(F)cc3F)c2C)c(Cl)c1OC. The number of hydrogen-bond donors (Lipinski definition) is 1. The van der Waals surface area contributed by atoms with Gasteiger partial charge in [0.15, 0.2) is 17.3 Å². The lowest BCUT2D eigenvalue weighted by Gasteiger charge is -2.17. The van der Waals surface area contributed by atoms with Crippen molar-refractivity contribution in [2.24, 2.45) is 0 Å². The third kappa shape index (κ3) is 4.21. The van der Waals surface area contributed by atoms with Gasteiger partial charge in [0.1, 0.15) is 11.5 Å². The third-order valence-electron chi connectivity index (χ3n) is 4.82. The van der Waals surface area contributed by atoms with Crippen molar-refractivity contribution in [3.8, 4) is 17.2 Å². The Morgan fingerprint density at radius 3 is 2.59 bits per heavy atom. The number of methoxy groups -OCH3 is 2. The van der Waals surface area contributed by atoms with Crippen LogP contribution in [0.5, 0.6) is 11.5 Å². The summed E-state index contributed by atoms with van der Waals surface area (Å²) in [5.74, 6) is -0.247. The van der Waals surface area contributed by atoms with Gasteiger partial charge in [-0.25, -0.2) is 13.5 Å².